The summed E-state index contributed by atoms with van der Waals surface area (Å²) in [6.07, 6.45) is 17.0. The van der Waals surface area contributed by atoms with E-state index in [0.29, 0.717) is 0 Å². The Morgan fingerprint density at radius 3 is 1.27 bits per heavy atom. The molecule has 1 aliphatic rings. The van der Waals surface area contributed by atoms with Crippen molar-refractivity contribution in [3.8, 4) is 0 Å². The average molecular weight is 153 g/mol. The quantitative estimate of drug-likeness (QED) is 0.491. The normalized spacial score (nSPS) is 24.0. The summed E-state index contributed by atoms with van der Waals surface area (Å²) < 4.78 is 0. The maximum atomic E-state index is 2.49. The lowest BCUT2D eigenvalue weighted by Gasteiger charge is -1.97. The van der Waals surface area contributed by atoms with Gasteiger partial charge in [-0.2, -0.15) is 0 Å². The molecule has 0 heteroatoms. The fourth-order valence-electron chi connectivity index (χ4n) is 1.78. The molecular formula is C11H21. The summed E-state index contributed by atoms with van der Waals surface area (Å²) in [5.41, 5.74) is 0. The van der Waals surface area contributed by atoms with E-state index in [0.717, 1.165) is 0 Å². The fourth-order valence-corrected chi connectivity index (χ4v) is 1.78. The first-order valence-electron chi connectivity index (χ1n) is 5.32. The summed E-state index contributed by atoms with van der Waals surface area (Å²) in [7, 11) is 0. The van der Waals surface area contributed by atoms with Crippen molar-refractivity contribution in [1.82, 2.24) is 0 Å². The van der Waals surface area contributed by atoms with Gasteiger partial charge in [-0.3, -0.25) is 0 Å². The van der Waals surface area contributed by atoms with E-state index in [4.69, 9.17) is 0 Å². The second-order valence-electron chi connectivity index (χ2n) is 3.69. The molecule has 0 nitrogen and oxygen atoms in total. The maximum Gasteiger partial charge on any atom is -0.0386 e. The molecule has 0 atom stereocenters. The Morgan fingerprint density at radius 2 is 0.818 bits per heavy atom. The molecule has 0 N–H and O–H groups in total. The van der Waals surface area contributed by atoms with E-state index in [2.05, 4.69) is 6.42 Å². The highest BCUT2D eigenvalue weighted by molar-refractivity contribution is 4.65. The molecule has 11 heavy (non-hydrogen) atoms. The zero-order valence-corrected chi connectivity index (χ0v) is 7.65. The molecule has 0 amide bonds. The van der Waals surface area contributed by atoms with Gasteiger partial charge in [0, 0.05) is 0 Å². The van der Waals surface area contributed by atoms with Gasteiger partial charge in [-0.25, -0.2) is 0 Å². The summed E-state index contributed by atoms with van der Waals surface area (Å²) in [6.45, 7) is 0. The van der Waals surface area contributed by atoms with Crippen LogP contribution in [0.4, 0.5) is 0 Å². The third-order valence-corrected chi connectivity index (χ3v) is 2.57. The monoisotopic (exact) mass is 153 g/mol. The Bertz CT molecular complexity index is 38.1. The van der Waals surface area contributed by atoms with Crippen LogP contribution in [0, 0.1) is 6.42 Å². The second kappa shape index (κ2) is 6.69. The lowest BCUT2D eigenvalue weighted by Crippen LogP contribution is -1.79. The van der Waals surface area contributed by atoms with E-state index >= 15 is 0 Å². The van der Waals surface area contributed by atoms with Crippen LogP contribution >= 0.6 is 0 Å². The zero-order valence-electron chi connectivity index (χ0n) is 7.65. The van der Waals surface area contributed by atoms with Gasteiger partial charge >= 0.3 is 0 Å². The van der Waals surface area contributed by atoms with Gasteiger partial charge in [0.1, 0.15) is 0 Å². The first-order chi connectivity index (χ1) is 5.50. The minimum atomic E-state index is 1.38. The number of hydrogen-bond donors (Lipinski definition) is 0. The fraction of sp³-hybridized carbons (Fsp3) is 0.909. The van der Waals surface area contributed by atoms with Crippen molar-refractivity contribution in [3.05, 3.63) is 6.42 Å². The third kappa shape index (κ3) is 5.29. The smallest absolute Gasteiger partial charge is 0.0386 e. The average Bonchev–Trinajstić information content (AvgIpc) is 2.08. The summed E-state index contributed by atoms with van der Waals surface area (Å²) in [5, 5.41) is 0. The van der Waals surface area contributed by atoms with Gasteiger partial charge in [0.15, 0.2) is 0 Å². The molecule has 0 aromatic carbocycles. The van der Waals surface area contributed by atoms with Crippen LogP contribution in [0.1, 0.15) is 64.2 Å². The minimum Gasteiger partial charge on any atom is -0.0533 e. The standard InChI is InChI=1S/C11H21/c1-2-4-6-8-10-11-9-7-5-3-1/h1H,2-11H2. The summed E-state index contributed by atoms with van der Waals surface area (Å²) in [6, 6.07) is 0. The van der Waals surface area contributed by atoms with E-state index in [9.17, 15) is 0 Å². The second-order valence-corrected chi connectivity index (χ2v) is 3.69. The topological polar surface area (TPSA) is 0 Å². The van der Waals surface area contributed by atoms with Gasteiger partial charge in [-0.15, -0.1) is 0 Å². The Morgan fingerprint density at radius 1 is 0.455 bits per heavy atom. The van der Waals surface area contributed by atoms with E-state index in [1.807, 2.05) is 0 Å². The van der Waals surface area contributed by atoms with Crippen molar-refractivity contribution >= 4 is 0 Å². The molecular weight excluding hydrogens is 132 g/mol. The van der Waals surface area contributed by atoms with Gasteiger partial charge in [-0.1, -0.05) is 64.2 Å². The van der Waals surface area contributed by atoms with Crippen LogP contribution in [0.2, 0.25) is 0 Å². The van der Waals surface area contributed by atoms with Crippen molar-refractivity contribution < 1.29 is 0 Å². The first-order valence-corrected chi connectivity index (χ1v) is 5.32. The maximum absolute atomic E-state index is 2.49. The van der Waals surface area contributed by atoms with Crippen LogP contribution in [0.25, 0.3) is 0 Å². The van der Waals surface area contributed by atoms with E-state index < -0.39 is 0 Å². The molecule has 1 aliphatic carbocycles. The molecule has 1 rings (SSSR count). The van der Waals surface area contributed by atoms with Crippen molar-refractivity contribution in [2.45, 2.75) is 64.2 Å². The molecule has 1 fully saturated rings. The highest BCUT2D eigenvalue weighted by atomic mass is 14.0. The largest absolute Gasteiger partial charge is 0.0533 e. The highest BCUT2D eigenvalue weighted by Gasteiger charge is 1.96. The predicted molar refractivity (Wildman–Crippen MR) is 50.5 cm³/mol. The SMILES string of the molecule is [CH]1CCCCCCCCCC1. The molecule has 0 aliphatic heterocycles. The van der Waals surface area contributed by atoms with Crippen molar-refractivity contribution in [3.63, 3.8) is 0 Å². The van der Waals surface area contributed by atoms with Crippen molar-refractivity contribution in [2.75, 3.05) is 0 Å². The van der Waals surface area contributed by atoms with Crippen LogP contribution in [-0.4, -0.2) is 0 Å². The Labute approximate surface area is 71.4 Å². The zero-order chi connectivity index (χ0) is 7.78. The first kappa shape index (κ1) is 9.09. The molecule has 0 spiro atoms. The lowest BCUT2D eigenvalue weighted by molar-refractivity contribution is 0.585. The van der Waals surface area contributed by atoms with Crippen molar-refractivity contribution in [2.24, 2.45) is 0 Å². The van der Waals surface area contributed by atoms with E-state index in [-0.39, 0.29) is 0 Å². The summed E-state index contributed by atoms with van der Waals surface area (Å²) in [4.78, 5) is 0. The van der Waals surface area contributed by atoms with Crippen LogP contribution in [0.5, 0.6) is 0 Å². The van der Waals surface area contributed by atoms with Crippen LogP contribution in [0.3, 0.4) is 0 Å². The van der Waals surface area contributed by atoms with Crippen LogP contribution in [0.15, 0.2) is 0 Å². The lowest BCUT2D eigenvalue weighted by atomic mass is 10.1. The van der Waals surface area contributed by atoms with Crippen LogP contribution in [-0.2, 0) is 0 Å². The molecule has 0 heterocycles. The molecule has 0 aromatic heterocycles. The Balaban J connectivity index is 2.02. The summed E-state index contributed by atoms with van der Waals surface area (Å²) >= 11 is 0. The van der Waals surface area contributed by atoms with Gasteiger partial charge in [0.25, 0.3) is 0 Å². The molecule has 0 saturated heterocycles. The highest BCUT2D eigenvalue weighted by Crippen LogP contribution is 2.15. The summed E-state index contributed by atoms with van der Waals surface area (Å²) in [5.74, 6) is 0. The molecule has 1 saturated carbocycles. The van der Waals surface area contributed by atoms with Crippen molar-refractivity contribution in [1.29, 1.82) is 0 Å². The van der Waals surface area contributed by atoms with E-state index in [1.54, 1.807) is 0 Å². The molecule has 0 bridgehead atoms. The van der Waals surface area contributed by atoms with Gasteiger partial charge in [0.05, 0.1) is 0 Å². The number of rotatable bonds is 0. The van der Waals surface area contributed by atoms with Gasteiger partial charge in [-0.05, 0) is 6.42 Å². The van der Waals surface area contributed by atoms with E-state index in [1.165, 1.54) is 64.2 Å². The minimum absolute atomic E-state index is 1.38. The van der Waals surface area contributed by atoms with Gasteiger partial charge < -0.3 is 0 Å². The number of hydrogen-bond acceptors (Lipinski definition) is 0. The van der Waals surface area contributed by atoms with Gasteiger partial charge in [0.2, 0.25) is 0 Å². The molecule has 0 aromatic rings. The Kier molecular flexibility index (Phi) is 5.53. The Hall–Kier alpha value is 0. The predicted octanol–water partition coefficient (Wildman–Crippen LogP) is 4.11. The van der Waals surface area contributed by atoms with Crippen LogP contribution < -0.4 is 0 Å². The molecule has 65 valence electrons. The molecule has 0 unspecified atom stereocenters. The molecule has 1 radical (unpaired) electrons. The third-order valence-electron chi connectivity index (χ3n) is 2.57.